The van der Waals surface area contributed by atoms with E-state index in [4.69, 9.17) is 6.57 Å². The second-order valence-electron chi connectivity index (χ2n) is 9.75. The van der Waals surface area contributed by atoms with Gasteiger partial charge < -0.3 is 14.3 Å². The van der Waals surface area contributed by atoms with E-state index >= 15 is 0 Å². The van der Waals surface area contributed by atoms with Crippen molar-refractivity contribution in [2.45, 2.75) is 50.7 Å². The largest absolute Gasteiger partial charge is 0.362 e. The van der Waals surface area contributed by atoms with Crippen molar-refractivity contribution in [3.63, 3.8) is 0 Å². The molecule has 0 amide bonds. The number of anilines is 1. The number of hydrogen-bond donors (Lipinski definition) is 0. The van der Waals surface area contributed by atoms with Gasteiger partial charge in [-0.2, -0.15) is 5.26 Å². The van der Waals surface area contributed by atoms with Crippen molar-refractivity contribution in [1.82, 2.24) is 14.5 Å². The Morgan fingerprint density at radius 1 is 1.15 bits per heavy atom. The zero-order valence-electron chi connectivity index (χ0n) is 19.8. The lowest BCUT2D eigenvalue weighted by Crippen LogP contribution is -2.56. The molecule has 1 aliphatic carbocycles. The number of nitrogens with zero attached hydrogens (tertiary/aromatic N) is 6. The number of benzene rings is 1. The average molecular weight is 453 g/mol. The molecule has 0 N–H and O–H groups in total. The van der Waals surface area contributed by atoms with Crippen molar-refractivity contribution in [2.24, 2.45) is 7.05 Å². The molecule has 172 valence electrons. The van der Waals surface area contributed by atoms with Crippen molar-refractivity contribution >= 4 is 22.5 Å². The van der Waals surface area contributed by atoms with Crippen molar-refractivity contribution < 1.29 is 0 Å². The molecule has 2 aromatic heterocycles. The van der Waals surface area contributed by atoms with Crippen molar-refractivity contribution in [3.8, 4) is 6.07 Å². The van der Waals surface area contributed by atoms with Crippen LogP contribution in [-0.4, -0.2) is 39.6 Å². The standard InChI is InChI=1S/C27H28N6O/c1-18-15-33(23-13-25(34)31(4)22-9-10-24(29-3)30-26(22)23)19(2)14-32(18)16-20-5-7-21(8-6-20)27(17-28)11-12-27/h5-10,13,18-19H,11-12,14-16H2,1-2,4H3/t18-,19+/m1/s1. The third-order valence-corrected chi connectivity index (χ3v) is 7.45. The summed E-state index contributed by atoms with van der Waals surface area (Å²) in [4.78, 5) is 25.5. The number of aromatic nitrogens is 2. The Balaban J connectivity index is 1.39. The third-order valence-electron chi connectivity index (χ3n) is 7.45. The third kappa shape index (κ3) is 3.73. The van der Waals surface area contributed by atoms with Gasteiger partial charge in [0.25, 0.3) is 11.4 Å². The van der Waals surface area contributed by atoms with E-state index in [0.29, 0.717) is 11.3 Å². The summed E-state index contributed by atoms with van der Waals surface area (Å²) < 4.78 is 1.59. The van der Waals surface area contributed by atoms with Gasteiger partial charge in [-0.15, -0.1) is 4.98 Å². The van der Waals surface area contributed by atoms with Crippen LogP contribution >= 0.6 is 0 Å². The Morgan fingerprint density at radius 2 is 1.88 bits per heavy atom. The van der Waals surface area contributed by atoms with E-state index in [1.807, 2.05) is 6.07 Å². The summed E-state index contributed by atoms with van der Waals surface area (Å²) in [7, 11) is 1.74. The van der Waals surface area contributed by atoms with Gasteiger partial charge in [0.1, 0.15) is 0 Å². The number of aryl methyl sites for hydroxylation is 1. The molecular weight excluding hydrogens is 424 g/mol. The first-order valence-electron chi connectivity index (χ1n) is 11.7. The topological polar surface area (TPSA) is 69.5 Å². The monoisotopic (exact) mass is 452 g/mol. The van der Waals surface area contributed by atoms with Gasteiger partial charge in [0.15, 0.2) is 0 Å². The normalized spacial score (nSPS) is 21.7. The van der Waals surface area contributed by atoms with Crippen LogP contribution in [0.4, 0.5) is 11.5 Å². The summed E-state index contributed by atoms with van der Waals surface area (Å²) in [6, 6.07) is 16.6. The molecule has 2 aliphatic rings. The fourth-order valence-electron chi connectivity index (χ4n) is 5.09. The van der Waals surface area contributed by atoms with Crippen LogP contribution in [0.15, 0.2) is 47.3 Å². The zero-order chi connectivity index (χ0) is 24.0. The Morgan fingerprint density at radius 3 is 2.53 bits per heavy atom. The van der Waals surface area contributed by atoms with Gasteiger partial charge in [0.05, 0.1) is 22.7 Å². The summed E-state index contributed by atoms with van der Waals surface area (Å²) >= 11 is 0. The van der Waals surface area contributed by atoms with Crippen LogP contribution in [0.25, 0.3) is 15.9 Å². The van der Waals surface area contributed by atoms with Gasteiger partial charge in [0.2, 0.25) is 5.52 Å². The predicted molar refractivity (Wildman–Crippen MR) is 133 cm³/mol. The second-order valence-corrected chi connectivity index (χ2v) is 9.75. The molecular formula is C27H28N6O. The summed E-state index contributed by atoms with van der Waals surface area (Å²) in [5.74, 6) is 0.333. The minimum Gasteiger partial charge on any atom is -0.362 e. The SMILES string of the molecule is [C-]#[N+]c1ccc2c(n1)c(N1C[C@@H](C)N(Cc3ccc(C4(C#N)CC4)cc3)C[C@@H]1C)cc(=O)n2C. The molecule has 0 spiro atoms. The highest BCUT2D eigenvalue weighted by molar-refractivity contribution is 5.89. The summed E-state index contributed by atoms with van der Waals surface area (Å²) in [6.07, 6.45) is 1.92. The number of nitriles is 1. The molecule has 34 heavy (non-hydrogen) atoms. The van der Waals surface area contributed by atoms with Crippen LogP contribution < -0.4 is 10.5 Å². The molecule has 0 radical (unpaired) electrons. The van der Waals surface area contributed by atoms with Crippen molar-refractivity contribution in [2.75, 3.05) is 18.0 Å². The second kappa shape index (κ2) is 8.27. The molecule has 0 unspecified atom stereocenters. The lowest BCUT2D eigenvalue weighted by Gasteiger charge is -2.45. The van der Waals surface area contributed by atoms with Crippen LogP contribution in [0.3, 0.4) is 0 Å². The van der Waals surface area contributed by atoms with E-state index in [2.05, 4.69) is 63.8 Å². The van der Waals surface area contributed by atoms with Crippen LogP contribution in [0, 0.1) is 17.9 Å². The Kier molecular flexibility index (Phi) is 5.38. The van der Waals surface area contributed by atoms with E-state index in [-0.39, 0.29) is 23.1 Å². The van der Waals surface area contributed by atoms with Crippen LogP contribution in [0.1, 0.15) is 37.8 Å². The molecule has 1 aliphatic heterocycles. The number of fused-ring (bicyclic) bond motifs is 1. The highest BCUT2D eigenvalue weighted by Crippen LogP contribution is 2.47. The smallest absolute Gasteiger partial charge is 0.270 e. The fraction of sp³-hybridized carbons (Fsp3) is 0.407. The highest BCUT2D eigenvalue weighted by atomic mass is 16.1. The van der Waals surface area contributed by atoms with Gasteiger partial charge in [0, 0.05) is 44.8 Å². The molecule has 3 aromatic rings. The van der Waals surface area contributed by atoms with Gasteiger partial charge in [-0.05, 0) is 49.9 Å². The summed E-state index contributed by atoms with van der Waals surface area (Å²) in [5.41, 5.74) is 4.29. The van der Waals surface area contributed by atoms with Gasteiger partial charge >= 0.3 is 0 Å². The lowest BCUT2D eigenvalue weighted by atomic mass is 9.96. The molecule has 1 aromatic carbocycles. The summed E-state index contributed by atoms with van der Waals surface area (Å²) in [6.45, 7) is 14.2. The predicted octanol–water partition coefficient (Wildman–Crippen LogP) is 4.14. The molecule has 2 atom stereocenters. The minimum absolute atomic E-state index is 0.0759. The molecule has 0 bridgehead atoms. The van der Waals surface area contributed by atoms with E-state index in [0.717, 1.165) is 49.2 Å². The molecule has 1 saturated heterocycles. The fourth-order valence-corrected chi connectivity index (χ4v) is 5.09. The Hall–Kier alpha value is -3.68. The van der Waals surface area contributed by atoms with Crippen LogP contribution in [0.5, 0.6) is 0 Å². The zero-order valence-corrected chi connectivity index (χ0v) is 19.8. The van der Waals surface area contributed by atoms with Crippen LogP contribution in [-0.2, 0) is 19.0 Å². The number of rotatable bonds is 4. The first kappa shape index (κ1) is 22.1. The summed E-state index contributed by atoms with van der Waals surface area (Å²) in [5, 5.41) is 9.45. The lowest BCUT2D eigenvalue weighted by molar-refractivity contribution is 0.158. The van der Waals surface area contributed by atoms with Gasteiger partial charge in [-0.25, -0.2) is 0 Å². The van der Waals surface area contributed by atoms with E-state index < -0.39 is 0 Å². The average Bonchev–Trinajstić information content (AvgIpc) is 3.65. The van der Waals surface area contributed by atoms with Gasteiger partial charge in [-0.3, -0.25) is 9.69 Å². The molecule has 7 nitrogen and oxygen atoms in total. The van der Waals surface area contributed by atoms with E-state index in [1.165, 1.54) is 5.56 Å². The molecule has 1 saturated carbocycles. The maximum atomic E-state index is 12.7. The molecule has 2 fully saturated rings. The van der Waals surface area contributed by atoms with Crippen molar-refractivity contribution in [1.29, 1.82) is 5.26 Å². The number of pyridine rings is 2. The first-order valence-corrected chi connectivity index (χ1v) is 11.7. The molecule has 7 heteroatoms. The quantitative estimate of drug-likeness (QED) is 0.557. The maximum Gasteiger partial charge on any atom is 0.270 e. The van der Waals surface area contributed by atoms with Crippen molar-refractivity contribution in [3.05, 3.63) is 75.4 Å². The molecule has 3 heterocycles. The molecule has 5 rings (SSSR count). The Bertz CT molecular complexity index is 1390. The van der Waals surface area contributed by atoms with E-state index in [1.54, 1.807) is 23.7 Å². The van der Waals surface area contributed by atoms with Gasteiger partial charge in [-0.1, -0.05) is 30.8 Å². The number of hydrogen-bond acceptors (Lipinski definition) is 5. The minimum atomic E-state index is -0.247. The highest BCUT2D eigenvalue weighted by Gasteiger charge is 2.44. The maximum absolute atomic E-state index is 12.7. The van der Waals surface area contributed by atoms with E-state index in [9.17, 15) is 10.1 Å². The Labute approximate surface area is 199 Å². The first-order chi connectivity index (χ1) is 16.3. The number of piperazine rings is 1. The van der Waals surface area contributed by atoms with Crippen LogP contribution in [0.2, 0.25) is 0 Å².